The van der Waals surface area contributed by atoms with E-state index in [1.54, 1.807) is 20.8 Å². The summed E-state index contributed by atoms with van der Waals surface area (Å²) in [6.45, 7) is 5.34. The maximum absolute atomic E-state index is 12.2. The molecule has 18 heavy (non-hydrogen) atoms. The van der Waals surface area contributed by atoms with Gasteiger partial charge in [-0.05, 0) is 33.3 Å². The molecule has 0 aromatic heterocycles. The Kier molecular flexibility index (Phi) is 2.18. The van der Waals surface area contributed by atoms with Crippen LogP contribution in [0.5, 0.6) is 0 Å². The molecule has 0 N–H and O–H groups in total. The monoisotopic (exact) mass is 251 g/mol. The van der Waals surface area contributed by atoms with E-state index in [-0.39, 0.29) is 17.9 Å². The predicted molar refractivity (Wildman–Crippen MR) is 62.5 cm³/mol. The van der Waals surface area contributed by atoms with E-state index < -0.39 is 17.4 Å². The van der Waals surface area contributed by atoms with Gasteiger partial charge in [-0.2, -0.15) is 0 Å². The van der Waals surface area contributed by atoms with Crippen LogP contribution < -0.4 is 0 Å². The lowest BCUT2D eigenvalue weighted by atomic mass is 9.90. The van der Waals surface area contributed by atoms with E-state index in [2.05, 4.69) is 0 Å². The Bertz CT molecular complexity index is 450. The summed E-state index contributed by atoms with van der Waals surface area (Å²) in [5.74, 6) is -0.133. The summed E-state index contributed by atoms with van der Waals surface area (Å²) in [6.07, 6.45) is 4.35. The molecule has 0 aliphatic carbocycles. The minimum absolute atomic E-state index is 0.0352. The number of likely N-dealkylation sites (tertiary alicyclic amines) is 1. The molecule has 2 bridgehead atoms. The number of imide groups is 1. The van der Waals surface area contributed by atoms with Gasteiger partial charge in [-0.25, -0.2) is 9.69 Å². The van der Waals surface area contributed by atoms with Crippen LogP contribution in [0.25, 0.3) is 0 Å². The highest BCUT2D eigenvalue weighted by Crippen LogP contribution is 2.51. The first-order valence-corrected chi connectivity index (χ1v) is 6.25. The first kappa shape index (κ1) is 11.7. The normalized spacial score (nSPS) is 37.3. The Morgan fingerprint density at radius 3 is 2.89 bits per heavy atom. The second kappa shape index (κ2) is 3.35. The highest BCUT2D eigenvalue weighted by atomic mass is 16.6. The second-order valence-electron chi connectivity index (χ2n) is 6.11. The molecule has 2 fully saturated rings. The third-order valence-corrected chi connectivity index (χ3v) is 3.59. The fourth-order valence-corrected chi connectivity index (χ4v) is 2.96. The largest absolute Gasteiger partial charge is 0.443 e. The van der Waals surface area contributed by atoms with Gasteiger partial charge in [-0.15, -0.1) is 0 Å². The number of hydrogen-bond acceptors (Lipinski definition) is 4. The van der Waals surface area contributed by atoms with E-state index in [1.165, 1.54) is 0 Å². The molecular weight excluding hydrogens is 234 g/mol. The molecule has 1 spiro atoms. The second-order valence-corrected chi connectivity index (χ2v) is 6.11. The zero-order valence-corrected chi connectivity index (χ0v) is 10.8. The Hall–Kier alpha value is -1.36. The first-order chi connectivity index (χ1) is 8.32. The predicted octanol–water partition coefficient (Wildman–Crippen LogP) is 1.82. The third kappa shape index (κ3) is 1.50. The minimum Gasteiger partial charge on any atom is -0.443 e. The first-order valence-electron chi connectivity index (χ1n) is 6.25. The summed E-state index contributed by atoms with van der Waals surface area (Å²) in [7, 11) is 0. The van der Waals surface area contributed by atoms with Crippen molar-refractivity contribution >= 4 is 12.0 Å². The minimum atomic E-state index is -0.871. The Labute approximate surface area is 106 Å². The number of rotatable bonds is 0. The van der Waals surface area contributed by atoms with Crippen molar-refractivity contribution in [2.75, 3.05) is 0 Å². The van der Waals surface area contributed by atoms with Gasteiger partial charge in [0.25, 0.3) is 0 Å². The van der Waals surface area contributed by atoms with Crippen molar-refractivity contribution in [2.45, 2.75) is 51.0 Å². The summed E-state index contributed by atoms with van der Waals surface area (Å²) in [5.41, 5.74) is -1.49. The standard InChI is InChI=1S/C13H17NO4/c1-12(2,3)18-11(16)14-10(15)7-8-6-9-4-5-13(8,14)17-9/h4-5,8-9H,6-7H2,1-3H3/t8-,9+,13-/m0/s1. The van der Waals surface area contributed by atoms with Crippen LogP contribution >= 0.6 is 0 Å². The fourth-order valence-electron chi connectivity index (χ4n) is 2.96. The lowest BCUT2D eigenvalue weighted by Gasteiger charge is -2.33. The number of carbonyl (C=O) groups excluding carboxylic acids is 2. The summed E-state index contributed by atoms with van der Waals surface area (Å²) < 4.78 is 11.1. The molecular formula is C13H17NO4. The van der Waals surface area contributed by atoms with Crippen LogP contribution in [0.4, 0.5) is 4.79 Å². The maximum atomic E-state index is 12.2. The number of hydrogen-bond donors (Lipinski definition) is 0. The van der Waals surface area contributed by atoms with E-state index in [1.807, 2.05) is 12.2 Å². The van der Waals surface area contributed by atoms with Gasteiger partial charge in [-0.3, -0.25) is 4.79 Å². The van der Waals surface area contributed by atoms with Crippen molar-refractivity contribution < 1.29 is 19.1 Å². The molecule has 0 radical (unpaired) electrons. The van der Waals surface area contributed by atoms with E-state index in [4.69, 9.17) is 9.47 Å². The van der Waals surface area contributed by atoms with Gasteiger partial charge >= 0.3 is 6.09 Å². The average Bonchev–Trinajstić information content (AvgIpc) is 2.78. The average molecular weight is 251 g/mol. The van der Waals surface area contributed by atoms with Gasteiger partial charge < -0.3 is 9.47 Å². The molecule has 0 saturated carbocycles. The lowest BCUT2D eigenvalue weighted by Crippen LogP contribution is -2.51. The SMILES string of the molecule is CC(C)(C)OC(=O)N1C(=O)C[C@@H]2C[C@H]3C=C[C@]21O3. The van der Waals surface area contributed by atoms with Crippen molar-refractivity contribution in [1.29, 1.82) is 0 Å². The molecule has 5 heteroatoms. The van der Waals surface area contributed by atoms with Crippen molar-refractivity contribution in [3.05, 3.63) is 12.2 Å². The Balaban J connectivity index is 1.89. The van der Waals surface area contributed by atoms with E-state index in [0.29, 0.717) is 6.42 Å². The van der Waals surface area contributed by atoms with E-state index in [0.717, 1.165) is 11.3 Å². The summed E-state index contributed by atoms with van der Waals surface area (Å²) in [5, 5.41) is 0. The number of nitrogens with zero attached hydrogens (tertiary/aromatic N) is 1. The topological polar surface area (TPSA) is 55.8 Å². The molecule has 2 saturated heterocycles. The highest BCUT2D eigenvalue weighted by molar-refractivity contribution is 5.96. The third-order valence-electron chi connectivity index (χ3n) is 3.59. The van der Waals surface area contributed by atoms with Gasteiger partial charge in [0.2, 0.25) is 5.91 Å². The van der Waals surface area contributed by atoms with Crippen LogP contribution in [0.15, 0.2) is 12.2 Å². The quantitative estimate of drug-likeness (QED) is 0.616. The molecule has 3 heterocycles. The lowest BCUT2D eigenvalue weighted by molar-refractivity contribution is -0.141. The summed E-state index contributed by atoms with van der Waals surface area (Å²) in [4.78, 5) is 25.3. The smallest absolute Gasteiger partial charge is 0.419 e. The van der Waals surface area contributed by atoms with Crippen LogP contribution in [0.3, 0.4) is 0 Å². The van der Waals surface area contributed by atoms with Crippen molar-refractivity contribution in [2.24, 2.45) is 5.92 Å². The summed E-state index contributed by atoms with van der Waals surface area (Å²) >= 11 is 0. The molecule has 3 rings (SSSR count). The molecule has 3 atom stereocenters. The van der Waals surface area contributed by atoms with Crippen LogP contribution in [0.1, 0.15) is 33.6 Å². The zero-order valence-electron chi connectivity index (χ0n) is 10.8. The van der Waals surface area contributed by atoms with Gasteiger partial charge in [-0.1, -0.05) is 6.08 Å². The van der Waals surface area contributed by atoms with Crippen molar-refractivity contribution in [3.63, 3.8) is 0 Å². The van der Waals surface area contributed by atoms with E-state index in [9.17, 15) is 9.59 Å². The van der Waals surface area contributed by atoms with Gasteiger partial charge in [0.1, 0.15) is 5.60 Å². The number of carbonyl (C=O) groups is 2. The Morgan fingerprint density at radius 2 is 2.28 bits per heavy atom. The number of ether oxygens (including phenoxy) is 2. The van der Waals surface area contributed by atoms with E-state index >= 15 is 0 Å². The maximum Gasteiger partial charge on any atom is 0.419 e. The van der Waals surface area contributed by atoms with Crippen LogP contribution in [0.2, 0.25) is 0 Å². The molecule has 5 nitrogen and oxygen atoms in total. The molecule has 98 valence electrons. The number of fused-ring (bicyclic) bond motifs is 1. The van der Waals surface area contributed by atoms with Crippen LogP contribution in [-0.2, 0) is 14.3 Å². The highest BCUT2D eigenvalue weighted by Gasteiger charge is 2.63. The van der Waals surface area contributed by atoms with Gasteiger partial charge in [0.05, 0.1) is 6.10 Å². The van der Waals surface area contributed by atoms with Crippen molar-refractivity contribution in [3.8, 4) is 0 Å². The molecule has 0 aromatic rings. The van der Waals surface area contributed by atoms with Crippen LogP contribution in [-0.4, -0.2) is 34.3 Å². The molecule has 3 aliphatic heterocycles. The zero-order chi connectivity index (χ0) is 13.1. The molecule has 0 aromatic carbocycles. The van der Waals surface area contributed by atoms with Gasteiger partial charge in [0.15, 0.2) is 5.72 Å². The molecule has 0 unspecified atom stereocenters. The number of amides is 2. The Morgan fingerprint density at radius 1 is 1.56 bits per heavy atom. The molecule has 2 amide bonds. The van der Waals surface area contributed by atoms with Crippen LogP contribution in [0, 0.1) is 5.92 Å². The summed E-state index contributed by atoms with van der Waals surface area (Å²) in [6, 6.07) is 0. The molecule has 3 aliphatic rings. The fraction of sp³-hybridized carbons (Fsp3) is 0.692. The van der Waals surface area contributed by atoms with Crippen molar-refractivity contribution in [1.82, 2.24) is 4.90 Å². The van der Waals surface area contributed by atoms with Gasteiger partial charge in [0, 0.05) is 12.3 Å².